The van der Waals surface area contributed by atoms with E-state index in [4.69, 9.17) is 17.6 Å². The SMILES string of the molecule is Cn1c(NC2CN(Cc3ccc(F)cc3)C2)c(C#N)c(=N)n(C)c1=S. The average molecular weight is 358 g/mol. The van der Waals surface area contributed by atoms with Gasteiger partial charge in [0.1, 0.15) is 28.8 Å². The number of hydrogen-bond donors (Lipinski definition) is 2. The summed E-state index contributed by atoms with van der Waals surface area (Å²) in [5.74, 6) is 0.355. The van der Waals surface area contributed by atoms with Gasteiger partial charge < -0.3 is 14.5 Å². The van der Waals surface area contributed by atoms with Crippen molar-refractivity contribution in [1.29, 1.82) is 10.7 Å². The second kappa shape index (κ2) is 6.78. The number of nitriles is 1. The van der Waals surface area contributed by atoms with Crippen molar-refractivity contribution in [2.75, 3.05) is 18.4 Å². The standard InChI is InChI=1S/C17H19FN6S/c1-22-15(20)14(7-19)16(23(2)17(22)25)21-13-9-24(10-13)8-11-3-5-12(18)6-4-11/h3-6,13,20-21H,8-10H2,1-2H3. The molecule has 1 aliphatic heterocycles. The summed E-state index contributed by atoms with van der Waals surface area (Å²) in [5.41, 5.74) is 1.46. The minimum Gasteiger partial charge on any atom is -0.365 e. The molecule has 130 valence electrons. The van der Waals surface area contributed by atoms with Crippen LogP contribution in [0, 0.1) is 27.3 Å². The summed E-state index contributed by atoms with van der Waals surface area (Å²) < 4.78 is 16.7. The maximum Gasteiger partial charge on any atom is 0.182 e. The van der Waals surface area contributed by atoms with E-state index in [1.54, 1.807) is 30.8 Å². The summed E-state index contributed by atoms with van der Waals surface area (Å²) >= 11 is 5.32. The molecular formula is C17H19FN6S. The molecule has 0 spiro atoms. The minimum absolute atomic E-state index is 0.107. The number of nitrogens with one attached hydrogen (secondary N) is 2. The highest BCUT2D eigenvalue weighted by molar-refractivity contribution is 7.71. The Morgan fingerprint density at radius 1 is 1.28 bits per heavy atom. The molecule has 0 saturated carbocycles. The van der Waals surface area contributed by atoms with Crippen LogP contribution < -0.4 is 10.8 Å². The van der Waals surface area contributed by atoms with E-state index in [0.717, 1.165) is 25.2 Å². The first kappa shape index (κ1) is 17.3. The van der Waals surface area contributed by atoms with Gasteiger partial charge in [0.15, 0.2) is 4.77 Å². The number of likely N-dealkylation sites (tertiary alicyclic amines) is 1. The summed E-state index contributed by atoms with van der Waals surface area (Å²) in [7, 11) is 3.48. The number of aromatic nitrogens is 2. The Kier molecular flexibility index (Phi) is 4.70. The molecule has 1 aromatic carbocycles. The maximum absolute atomic E-state index is 12.9. The zero-order chi connectivity index (χ0) is 18.1. The molecule has 2 aromatic rings. The first-order valence-electron chi connectivity index (χ1n) is 7.88. The predicted octanol–water partition coefficient (Wildman–Crippen LogP) is 1.88. The fraction of sp³-hybridized carbons (Fsp3) is 0.353. The van der Waals surface area contributed by atoms with E-state index < -0.39 is 0 Å². The van der Waals surface area contributed by atoms with Crippen LogP contribution in [0.2, 0.25) is 0 Å². The lowest BCUT2D eigenvalue weighted by Crippen LogP contribution is -2.54. The van der Waals surface area contributed by atoms with Gasteiger partial charge >= 0.3 is 0 Å². The van der Waals surface area contributed by atoms with Crippen molar-refractivity contribution in [3.63, 3.8) is 0 Å². The molecule has 0 aliphatic carbocycles. The van der Waals surface area contributed by atoms with Gasteiger partial charge in [0.25, 0.3) is 0 Å². The third-order valence-corrected chi connectivity index (χ3v) is 5.00. The fourth-order valence-corrected chi connectivity index (χ4v) is 3.15. The van der Waals surface area contributed by atoms with Gasteiger partial charge in [-0.05, 0) is 29.9 Å². The highest BCUT2D eigenvalue weighted by Gasteiger charge is 2.28. The first-order chi connectivity index (χ1) is 11.9. The van der Waals surface area contributed by atoms with Crippen LogP contribution in [0.3, 0.4) is 0 Å². The summed E-state index contributed by atoms with van der Waals surface area (Å²) in [5, 5.41) is 20.8. The molecule has 0 atom stereocenters. The van der Waals surface area contributed by atoms with Gasteiger partial charge in [-0.3, -0.25) is 10.3 Å². The van der Waals surface area contributed by atoms with Crippen LogP contribution in [0.15, 0.2) is 24.3 Å². The van der Waals surface area contributed by atoms with Crippen molar-refractivity contribution >= 4 is 18.0 Å². The topological polar surface area (TPSA) is 72.8 Å². The molecule has 0 unspecified atom stereocenters. The van der Waals surface area contributed by atoms with Gasteiger partial charge in [0.05, 0.1) is 6.04 Å². The Morgan fingerprint density at radius 3 is 2.52 bits per heavy atom. The van der Waals surface area contributed by atoms with E-state index in [1.807, 2.05) is 0 Å². The van der Waals surface area contributed by atoms with E-state index in [0.29, 0.717) is 10.6 Å². The lowest BCUT2D eigenvalue weighted by Gasteiger charge is -2.40. The van der Waals surface area contributed by atoms with Crippen molar-refractivity contribution in [3.05, 3.63) is 51.5 Å². The molecule has 8 heteroatoms. The van der Waals surface area contributed by atoms with E-state index >= 15 is 0 Å². The van der Waals surface area contributed by atoms with E-state index in [1.165, 1.54) is 16.7 Å². The average Bonchev–Trinajstić information content (AvgIpc) is 2.57. The van der Waals surface area contributed by atoms with Crippen LogP contribution in [0.1, 0.15) is 11.1 Å². The van der Waals surface area contributed by atoms with Gasteiger partial charge in [-0.1, -0.05) is 12.1 Å². The summed E-state index contributed by atoms with van der Waals surface area (Å²) in [6.45, 7) is 2.38. The third kappa shape index (κ3) is 3.34. The Hall–Kier alpha value is -2.50. The number of anilines is 1. The number of benzene rings is 1. The van der Waals surface area contributed by atoms with Gasteiger partial charge in [-0.25, -0.2) is 4.39 Å². The van der Waals surface area contributed by atoms with E-state index in [2.05, 4.69) is 16.3 Å². The number of rotatable bonds is 4. The van der Waals surface area contributed by atoms with Crippen LogP contribution in [-0.4, -0.2) is 33.2 Å². The minimum atomic E-state index is -0.230. The molecule has 0 amide bonds. The molecule has 1 fully saturated rings. The smallest absolute Gasteiger partial charge is 0.182 e. The van der Waals surface area contributed by atoms with Gasteiger partial charge in [0.2, 0.25) is 0 Å². The lowest BCUT2D eigenvalue weighted by molar-refractivity contribution is 0.152. The predicted molar refractivity (Wildman–Crippen MR) is 94.9 cm³/mol. The first-order valence-corrected chi connectivity index (χ1v) is 8.29. The second-order valence-electron chi connectivity index (χ2n) is 6.25. The van der Waals surface area contributed by atoms with Crippen molar-refractivity contribution in [1.82, 2.24) is 14.0 Å². The molecule has 2 N–H and O–H groups in total. The normalized spacial score (nSPS) is 14.8. The second-order valence-corrected chi connectivity index (χ2v) is 6.61. The largest absolute Gasteiger partial charge is 0.365 e. The number of halogens is 1. The Morgan fingerprint density at radius 2 is 1.92 bits per heavy atom. The van der Waals surface area contributed by atoms with Gasteiger partial charge in [-0.2, -0.15) is 5.26 Å². The Balaban J connectivity index is 1.70. The molecule has 3 rings (SSSR count). The molecule has 25 heavy (non-hydrogen) atoms. The molecular weight excluding hydrogens is 339 g/mol. The summed E-state index contributed by atoms with van der Waals surface area (Å²) in [4.78, 5) is 2.23. The highest BCUT2D eigenvalue weighted by atomic mass is 32.1. The van der Waals surface area contributed by atoms with E-state index in [-0.39, 0.29) is 22.9 Å². The van der Waals surface area contributed by atoms with Crippen LogP contribution in [-0.2, 0) is 20.6 Å². The molecule has 0 bridgehead atoms. The molecule has 0 radical (unpaired) electrons. The van der Waals surface area contributed by atoms with Crippen molar-refractivity contribution in [2.24, 2.45) is 14.1 Å². The van der Waals surface area contributed by atoms with Crippen molar-refractivity contribution in [2.45, 2.75) is 12.6 Å². The van der Waals surface area contributed by atoms with Crippen LogP contribution in [0.25, 0.3) is 0 Å². The zero-order valence-corrected chi connectivity index (χ0v) is 14.9. The van der Waals surface area contributed by atoms with Crippen LogP contribution in [0.5, 0.6) is 0 Å². The zero-order valence-electron chi connectivity index (χ0n) is 14.1. The molecule has 2 heterocycles. The van der Waals surface area contributed by atoms with Crippen molar-refractivity contribution in [3.8, 4) is 6.07 Å². The Labute approximate surface area is 150 Å². The number of hydrogen-bond acceptors (Lipinski definition) is 5. The summed E-state index contributed by atoms with van der Waals surface area (Å²) in [6, 6.07) is 8.79. The number of nitrogens with zero attached hydrogens (tertiary/aromatic N) is 4. The molecule has 1 aromatic heterocycles. The van der Waals surface area contributed by atoms with Crippen LogP contribution in [0.4, 0.5) is 10.2 Å². The van der Waals surface area contributed by atoms with Gasteiger partial charge in [0, 0.05) is 33.7 Å². The fourth-order valence-electron chi connectivity index (χ4n) is 2.97. The monoisotopic (exact) mass is 358 g/mol. The molecule has 6 nitrogen and oxygen atoms in total. The van der Waals surface area contributed by atoms with Crippen LogP contribution >= 0.6 is 12.2 Å². The van der Waals surface area contributed by atoms with E-state index in [9.17, 15) is 9.65 Å². The van der Waals surface area contributed by atoms with Gasteiger partial charge in [-0.15, -0.1) is 0 Å². The lowest BCUT2D eigenvalue weighted by atomic mass is 10.1. The highest BCUT2D eigenvalue weighted by Crippen LogP contribution is 2.19. The van der Waals surface area contributed by atoms with Crippen molar-refractivity contribution < 1.29 is 4.39 Å². The summed E-state index contributed by atoms with van der Waals surface area (Å²) in [6.07, 6.45) is 0. The molecule has 1 aliphatic rings. The molecule has 1 saturated heterocycles. The maximum atomic E-state index is 12.9. The third-order valence-electron chi connectivity index (χ3n) is 4.45. The quantitative estimate of drug-likeness (QED) is 0.819. The Bertz CT molecular complexity index is 947.